The van der Waals surface area contributed by atoms with Crippen molar-refractivity contribution in [3.63, 3.8) is 0 Å². The van der Waals surface area contributed by atoms with Crippen LogP contribution in [0.2, 0.25) is 0 Å². The molecule has 1 aliphatic rings. The molecule has 0 fully saturated rings. The van der Waals surface area contributed by atoms with Crippen LogP contribution >= 0.6 is 0 Å². The molecular formula is C24H20FN5O. The monoisotopic (exact) mass is 413 g/mol. The minimum Gasteiger partial charge on any atom is -0.310 e. The lowest BCUT2D eigenvalue weighted by Crippen LogP contribution is -2.25. The topological polar surface area (TPSA) is 72.7 Å². The second kappa shape index (κ2) is 7.43. The molecule has 0 saturated heterocycles. The molecule has 0 aliphatic carbocycles. The lowest BCUT2D eigenvalue weighted by molar-refractivity contribution is -0.116. The molecule has 1 N–H and O–H groups in total. The molecule has 5 rings (SSSR count). The Bertz CT molecular complexity index is 1280. The summed E-state index contributed by atoms with van der Waals surface area (Å²) in [5, 5.41) is 7.74. The highest BCUT2D eigenvalue weighted by Crippen LogP contribution is 2.44. The molecule has 1 unspecified atom stereocenters. The van der Waals surface area contributed by atoms with E-state index in [2.05, 4.69) is 15.3 Å². The Morgan fingerprint density at radius 2 is 1.68 bits per heavy atom. The van der Waals surface area contributed by atoms with E-state index in [0.717, 1.165) is 22.5 Å². The maximum atomic E-state index is 14.8. The van der Waals surface area contributed by atoms with Crippen LogP contribution in [0.1, 0.15) is 34.9 Å². The van der Waals surface area contributed by atoms with E-state index in [9.17, 15) is 9.18 Å². The van der Waals surface area contributed by atoms with Gasteiger partial charge in [0.05, 0.1) is 5.69 Å². The number of nitrogens with one attached hydrogen (secondary N) is 1. The van der Waals surface area contributed by atoms with Gasteiger partial charge in [-0.15, -0.1) is 0 Å². The third-order valence-electron chi connectivity index (χ3n) is 5.41. The molecule has 154 valence electrons. The summed E-state index contributed by atoms with van der Waals surface area (Å²) in [5.41, 5.74) is 4.36. The number of anilines is 1. The number of fused-ring (bicyclic) bond motifs is 1. The quantitative estimate of drug-likeness (QED) is 0.534. The van der Waals surface area contributed by atoms with Gasteiger partial charge in [-0.2, -0.15) is 9.78 Å². The van der Waals surface area contributed by atoms with Crippen LogP contribution in [-0.4, -0.2) is 25.7 Å². The van der Waals surface area contributed by atoms with E-state index >= 15 is 0 Å². The molecule has 31 heavy (non-hydrogen) atoms. The van der Waals surface area contributed by atoms with Gasteiger partial charge in [0.25, 0.3) is 5.95 Å². The van der Waals surface area contributed by atoms with Crippen LogP contribution in [0, 0.1) is 19.7 Å². The zero-order valence-electron chi connectivity index (χ0n) is 17.1. The average molecular weight is 413 g/mol. The number of hydrogen-bond donors (Lipinski definition) is 1. The normalized spacial score (nSPS) is 15.5. The fraction of sp³-hybridized carbons (Fsp3) is 0.167. The van der Waals surface area contributed by atoms with E-state index in [0.29, 0.717) is 23.0 Å². The lowest BCUT2D eigenvalue weighted by Gasteiger charge is -2.25. The van der Waals surface area contributed by atoms with Crippen LogP contribution in [-0.2, 0) is 4.79 Å². The van der Waals surface area contributed by atoms with Crippen molar-refractivity contribution in [2.24, 2.45) is 0 Å². The molecule has 0 radical (unpaired) electrons. The van der Waals surface area contributed by atoms with E-state index in [1.807, 2.05) is 50.2 Å². The van der Waals surface area contributed by atoms with Gasteiger partial charge >= 0.3 is 0 Å². The number of nitrogens with zero attached hydrogens (tertiary/aromatic N) is 4. The standard InChI is InChI=1S/C24H20FN5O/c1-14-12-15(2)27-24(26-14)30-23-21(22(29-30)16-8-4-3-5-9-16)18(13-20(31)28-23)17-10-6-7-11-19(17)25/h3-12,18H,13H2,1-2H3,(H,28,31). The number of benzene rings is 2. The second-order valence-electron chi connectivity index (χ2n) is 7.67. The number of carbonyl (C=O) groups is 1. The Balaban J connectivity index is 1.81. The Morgan fingerprint density at radius 3 is 2.39 bits per heavy atom. The van der Waals surface area contributed by atoms with Crippen LogP contribution in [0.5, 0.6) is 0 Å². The molecule has 1 atom stereocenters. The molecule has 1 aliphatic heterocycles. The van der Waals surface area contributed by atoms with Gasteiger partial charge in [0.15, 0.2) is 0 Å². The van der Waals surface area contributed by atoms with Crippen LogP contribution in [0.25, 0.3) is 17.2 Å². The minimum absolute atomic E-state index is 0.132. The second-order valence-corrected chi connectivity index (χ2v) is 7.67. The largest absolute Gasteiger partial charge is 0.310 e. The summed E-state index contributed by atoms with van der Waals surface area (Å²) >= 11 is 0. The van der Waals surface area contributed by atoms with E-state index in [1.54, 1.807) is 22.9 Å². The number of rotatable bonds is 3. The first-order chi connectivity index (χ1) is 15.0. The van der Waals surface area contributed by atoms with Gasteiger partial charge in [0.1, 0.15) is 11.6 Å². The number of carbonyl (C=O) groups excluding carboxylic acids is 1. The van der Waals surface area contributed by atoms with Crippen molar-refractivity contribution in [3.05, 3.63) is 89.0 Å². The maximum Gasteiger partial charge on any atom is 0.252 e. The fourth-order valence-electron chi connectivity index (χ4n) is 4.13. The smallest absolute Gasteiger partial charge is 0.252 e. The van der Waals surface area contributed by atoms with Crippen LogP contribution < -0.4 is 5.32 Å². The summed E-state index contributed by atoms with van der Waals surface area (Å²) in [4.78, 5) is 21.7. The van der Waals surface area contributed by atoms with Crippen LogP contribution in [0.15, 0.2) is 60.7 Å². The molecule has 3 heterocycles. The van der Waals surface area contributed by atoms with Crippen molar-refractivity contribution >= 4 is 11.7 Å². The summed E-state index contributed by atoms with van der Waals surface area (Å²) in [6.07, 6.45) is 0.132. The highest BCUT2D eigenvalue weighted by atomic mass is 19.1. The molecule has 7 heteroatoms. The van der Waals surface area contributed by atoms with Crippen molar-refractivity contribution in [3.8, 4) is 17.2 Å². The number of aromatic nitrogens is 4. The fourth-order valence-corrected chi connectivity index (χ4v) is 4.13. The summed E-state index contributed by atoms with van der Waals surface area (Å²) in [6.45, 7) is 3.76. The SMILES string of the molecule is Cc1cc(C)nc(-n2nc(-c3ccccc3)c3c2NC(=O)CC3c2ccccc2F)n1. The van der Waals surface area contributed by atoms with Gasteiger partial charge in [0, 0.05) is 34.9 Å². The van der Waals surface area contributed by atoms with Gasteiger partial charge in [-0.3, -0.25) is 4.79 Å². The van der Waals surface area contributed by atoms with E-state index in [-0.39, 0.29) is 18.1 Å². The molecule has 6 nitrogen and oxygen atoms in total. The molecule has 4 aromatic rings. The van der Waals surface area contributed by atoms with Gasteiger partial charge in [-0.25, -0.2) is 14.4 Å². The first kappa shape index (κ1) is 19.1. The van der Waals surface area contributed by atoms with Gasteiger partial charge in [-0.05, 0) is 31.5 Å². The zero-order chi connectivity index (χ0) is 21.5. The summed E-state index contributed by atoms with van der Waals surface area (Å²) in [7, 11) is 0. The van der Waals surface area contributed by atoms with Gasteiger partial charge in [-0.1, -0.05) is 48.5 Å². The van der Waals surface area contributed by atoms with E-state index in [1.165, 1.54) is 6.07 Å². The van der Waals surface area contributed by atoms with E-state index in [4.69, 9.17) is 5.10 Å². The van der Waals surface area contributed by atoms with Crippen LogP contribution in [0.4, 0.5) is 10.2 Å². The summed E-state index contributed by atoms with van der Waals surface area (Å²) in [6, 6.07) is 18.1. The van der Waals surface area contributed by atoms with Crippen LogP contribution in [0.3, 0.4) is 0 Å². The number of halogens is 1. The van der Waals surface area contributed by atoms with Gasteiger partial charge in [0.2, 0.25) is 5.91 Å². The molecule has 0 saturated carbocycles. The minimum atomic E-state index is -0.472. The van der Waals surface area contributed by atoms with Crippen molar-refractivity contribution in [1.29, 1.82) is 0 Å². The predicted octanol–water partition coefficient (Wildman–Crippen LogP) is 4.56. The first-order valence-electron chi connectivity index (χ1n) is 10.1. The Hall–Kier alpha value is -3.87. The third kappa shape index (κ3) is 3.38. The Labute approximate surface area is 178 Å². The third-order valence-corrected chi connectivity index (χ3v) is 5.41. The number of amides is 1. The zero-order valence-corrected chi connectivity index (χ0v) is 17.1. The lowest BCUT2D eigenvalue weighted by atomic mass is 9.84. The molecular weight excluding hydrogens is 393 g/mol. The van der Waals surface area contributed by atoms with Crippen molar-refractivity contribution in [2.75, 3.05) is 5.32 Å². The Morgan fingerprint density at radius 1 is 1.00 bits per heavy atom. The molecule has 2 aromatic carbocycles. The number of aryl methyl sites for hydroxylation is 2. The predicted molar refractivity (Wildman–Crippen MR) is 116 cm³/mol. The molecule has 2 aromatic heterocycles. The number of hydrogen-bond acceptors (Lipinski definition) is 4. The van der Waals surface area contributed by atoms with Crippen molar-refractivity contribution in [2.45, 2.75) is 26.2 Å². The maximum absolute atomic E-state index is 14.8. The highest BCUT2D eigenvalue weighted by molar-refractivity contribution is 5.96. The first-order valence-corrected chi connectivity index (χ1v) is 10.1. The van der Waals surface area contributed by atoms with Crippen molar-refractivity contribution in [1.82, 2.24) is 19.7 Å². The Kier molecular flexibility index (Phi) is 4.58. The highest BCUT2D eigenvalue weighted by Gasteiger charge is 2.36. The molecule has 0 bridgehead atoms. The molecule has 1 amide bonds. The summed E-state index contributed by atoms with van der Waals surface area (Å²) < 4.78 is 16.3. The summed E-state index contributed by atoms with van der Waals surface area (Å²) in [5.74, 6) is -0.174. The molecule has 0 spiro atoms. The van der Waals surface area contributed by atoms with Crippen molar-refractivity contribution < 1.29 is 9.18 Å². The van der Waals surface area contributed by atoms with E-state index < -0.39 is 5.92 Å². The average Bonchev–Trinajstić information content (AvgIpc) is 3.13. The van der Waals surface area contributed by atoms with Gasteiger partial charge < -0.3 is 5.32 Å².